The molecule has 0 saturated carbocycles. The predicted molar refractivity (Wildman–Crippen MR) is 168 cm³/mol. The van der Waals surface area contributed by atoms with E-state index in [-0.39, 0.29) is 38.0 Å². The number of ether oxygens (including phenoxy) is 1. The number of esters is 1. The van der Waals surface area contributed by atoms with E-state index in [0.717, 1.165) is 0 Å². The second-order valence-electron chi connectivity index (χ2n) is 12.5. The number of Topliss-reactive ketones (excluding diaryl/α,β-unsaturated/α-hetero) is 1. The Balaban J connectivity index is 3.30. The van der Waals surface area contributed by atoms with Crippen LogP contribution in [0.15, 0.2) is 37.5 Å². The van der Waals surface area contributed by atoms with Crippen molar-refractivity contribution in [3.8, 4) is 0 Å². The lowest BCUT2D eigenvalue weighted by atomic mass is 9.84. The molecule has 1 aliphatic rings. The van der Waals surface area contributed by atoms with Crippen LogP contribution in [0.25, 0.3) is 0 Å². The fraction of sp³-hybridized carbons (Fsp3) is 0.625. The molecular weight excluding hydrogens is 566 g/mol. The lowest BCUT2D eigenvalue weighted by Gasteiger charge is -2.37. The van der Waals surface area contributed by atoms with Gasteiger partial charge in [0.1, 0.15) is 24.7 Å². The summed E-state index contributed by atoms with van der Waals surface area (Å²) in [6.45, 7) is 23.7. The Hall–Kier alpha value is -3.96. The Morgan fingerprint density at radius 1 is 1.02 bits per heavy atom. The van der Waals surface area contributed by atoms with Gasteiger partial charge in [-0.25, -0.2) is 9.59 Å². The minimum Gasteiger partial charge on any atom is -0.460 e. The van der Waals surface area contributed by atoms with Crippen LogP contribution >= 0.6 is 0 Å². The first kappa shape index (κ1) is 38.1. The summed E-state index contributed by atoms with van der Waals surface area (Å²) in [7, 11) is 0. The maximum Gasteiger partial charge on any atom is 0.333 e. The van der Waals surface area contributed by atoms with Gasteiger partial charge in [-0.2, -0.15) is 0 Å². The summed E-state index contributed by atoms with van der Waals surface area (Å²) in [4.78, 5) is 80.2. The minimum absolute atomic E-state index is 0.0158. The standard InChI is InChI=1S/C32H51N5O7/c1-11-14-22(25(38)28(40)33-16-12-2)34-27(39)24-21(19(4)5)15-17-37(24)29(41)26(32(8,9)10)36-31(43)35-23(20(6)7)30(42)44-18-13-3/h12-13,19,21-24,26H,2-3,6,11,14-18H2,1,4-5,7-10H3,(H,33,40)(H,34,39)(H2,35,36,43)/t21?,22?,23-,24-,26+/m0/s1. The molecule has 5 atom stereocenters. The van der Waals surface area contributed by atoms with Crippen LogP contribution in [0.4, 0.5) is 4.79 Å². The first-order valence-electron chi connectivity index (χ1n) is 15.0. The summed E-state index contributed by atoms with van der Waals surface area (Å²) in [5.41, 5.74) is -0.463. The van der Waals surface area contributed by atoms with Crippen LogP contribution in [0, 0.1) is 17.3 Å². The Bertz CT molecular complexity index is 1110. The van der Waals surface area contributed by atoms with Crippen molar-refractivity contribution in [3.63, 3.8) is 0 Å². The molecule has 0 aromatic heterocycles. The van der Waals surface area contributed by atoms with Gasteiger partial charge in [0.2, 0.25) is 17.6 Å². The maximum atomic E-state index is 14.1. The zero-order valence-corrected chi connectivity index (χ0v) is 27.3. The monoisotopic (exact) mass is 617 g/mol. The molecule has 5 amide bonds. The number of ketones is 1. The molecule has 12 heteroatoms. The van der Waals surface area contributed by atoms with Gasteiger partial charge in [0.05, 0.1) is 6.04 Å². The Morgan fingerprint density at radius 2 is 1.66 bits per heavy atom. The summed E-state index contributed by atoms with van der Waals surface area (Å²) in [5, 5.41) is 10.4. The van der Waals surface area contributed by atoms with Crippen molar-refractivity contribution in [3.05, 3.63) is 37.5 Å². The summed E-state index contributed by atoms with van der Waals surface area (Å²) in [6.07, 6.45) is 4.14. The molecule has 1 saturated heterocycles. The van der Waals surface area contributed by atoms with Gasteiger partial charge in [-0.1, -0.05) is 73.3 Å². The molecule has 12 nitrogen and oxygen atoms in total. The van der Waals surface area contributed by atoms with Crippen LogP contribution in [-0.4, -0.2) is 84.3 Å². The fourth-order valence-corrected chi connectivity index (χ4v) is 5.05. The highest BCUT2D eigenvalue weighted by atomic mass is 16.5. The Morgan fingerprint density at radius 3 is 2.16 bits per heavy atom. The van der Waals surface area contributed by atoms with Gasteiger partial charge >= 0.3 is 12.0 Å². The van der Waals surface area contributed by atoms with Crippen molar-refractivity contribution in [2.45, 2.75) is 91.9 Å². The van der Waals surface area contributed by atoms with Crippen LogP contribution < -0.4 is 21.3 Å². The van der Waals surface area contributed by atoms with E-state index in [2.05, 4.69) is 41.0 Å². The van der Waals surface area contributed by atoms with Crippen molar-refractivity contribution >= 4 is 35.5 Å². The van der Waals surface area contributed by atoms with E-state index in [9.17, 15) is 28.8 Å². The van der Waals surface area contributed by atoms with E-state index in [1.165, 1.54) is 17.1 Å². The van der Waals surface area contributed by atoms with Crippen LogP contribution in [0.3, 0.4) is 0 Å². The average Bonchev–Trinajstić information content (AvgIpc) is 3.40. The van der Waals surface area contributed by atoms with Crippen LogP contribution in [0.5, 0.6) is 0 Å². The van der Waals surface area contributed by atoms with Gasteiger partial charge in [0.15, 0.2) is 0 Å². The molecule has 4 N–H and O–H groups in total. The molecule has 1 rings (SSSR count). The molecule has 246 valence electrons. The topological polar surface area (TPSA) is 163 Å². The zero-order chi connectivity index (χ0) is 33.8. The van der Waals surface area contributed by atoms with Crippen LogP contribution in [0.2, 0.25) is 0 Å². The number of nitrogens with zero attached hydrogens (tertiary/aromatic N) is 1. The van der Waals surface area contributed by atoms with E-state index in [0.29, 0.717) is 18.4 Å². The molecule has 0 bridgehead atoms. The first-order chi connectivity index (χ1) is 20.5. The highest BCUT2D eigenvalue weighted by molar-refractivity contribution is 6.38. The van der Waals surface area contributed by atoms with E-state index < -0.39 is 65.1 Å². The smallest absolute Gasteiger partial charge is 0.333 e. The zero-order valence-electron chi connectivity index (χ0n) is 27.3. The van der Waals surface area contributed by atoms with Crippen LogP contribution in [0.1, 0.15) is 67.7 Å². The third-order valence-electron chi connectivity index (χ3n) is 7.43. The van der Waals surface area contributed by atoms with Gasteiger partial charge in [-0.15, -0.1) is 6.58 Å². The molecule has 0 aliphatic carbocycles. The number of amides is 5. The lowest BCUT2D eigenvalue weighted by molar-refractivity contribution is -0.144. The van der Waals surface area contributed by atoms with Gasteiger partial charge < -0.3 is 30.9 Å². The van der Waals surface area contributed by atoms with Crippen molar-refractivity contribution in [2.24, 2.45) is 17.3 Å². The molecular formula is C32H51N5O7. The summed E-state index contributed by atoms with van der Waals surface area (Å²) in [5.74, 6) is -3.57. The van der Waals surface area contributed by atoms with Crippen molar-refractivity contribution in [1.29, 1.82) is 0 Å². The molecule has 1 aliphatic heterocycles. The molecule has 0 radical (unpaired) electrons. The van der Waals surface area contributed by atoms with E-state index in [1.807, 2.05) is 20.8 Å². The average molecular weight is 618 g/mol. The molecule has 44 heavy (non-hydrogen) atoms. The molecule has 1 heterocycles. The van der Waals surface area contributed by atoms with Gasteiger partial charge in [-0.3, -0.25) is 19.2 Å². The molecule has 0 spiro atoms. The SMILES string of the molecule is C=CCNC(=O)C(=O)C(CCC)NC(=O)[C@@H]1C(C(C)C)CCN1C(=O)[C@@H](NC(=O)N[C@@H](C(=C)C)C(=O)OCC=C)C(C)(C)C. The normalized spacial score (nSPS) is 18.3. The number of urea groups is 1. The molecule has 0 aromatic rings. The summed E-state index contributed by atoms with van der Waals surface area (Å²) >= 11 is 0. The third-order valence-corrected chi connectivity index (χ3v) is 7.43. The fourth-order valence-electron chi connectivity index (χ4n) is 5.05. The Labute approximate surface area is 261 Å². The van der Waals surface area contributed by atoms with Crippen molar-refractivity contribution < 1.29 is 33.5 Å². The number of carbonyl (C=O) groups excluding carboxylic acids is 6. The Kier molecular flexibility index (Phi) is 15.0. The third kappa shape index (κ3) is 10.6. The van der Waals surface area contributed by atoms with E-state index >= 15 is 0 Å². The minimum atomic E-state index is -1.15. The highest BCUT2D eigenvalue weighted by Gasteiger charge is 2.47. The number of likely N-dealkylation sites (tertiary alicyclic amines) is 1. The number of rotatable bonds is 16. The molecule has 1 fully saturated rings. The second-order valence-corrected chi connectivity index (χ2v) is 12.5. The lowest BCUT2D eigenvalue weighted by Crippen LogP contribution is -2.61. The number of hydrogen-bond donors (Lipinski definition) is 4. The maximum absolute atomic E-state index is 14.1. The first-order valence-corrected chi connectivity index (χ1v) is 15.0. The largest absolute Gasteiger partial charge is 0.460 e. The van der Waals surface area contributed by atoms with Crippen molar-refractivity contribution in [1.82, 2.24) is 26.2 Å². The summed E-state index contributed by atoms with van der Waals surface area (Å²) < 4.78 is 5.06. The van der Waals surface area contributed by atoms with Crippen molar-refractivity contribution in [2.75, 3.05) is 19.7 Å². The van der Waals surface area contributed by atoms with E-state index in [4.69, 9.17) is 4.74 Å². The van der Waals surface area contributed by atoms with E-state index in [1.54, 1.807) is 27.7 Å². The van der Waals surface area contributed by atoms with Crippen LogP contribution in [-0.2, 0) is 28.7 Å². The quantitative estimate of drug-likeness (QED) is 0.117. The molecule has 0 aromatic carbocycles. The summed E-state index contributed by atoms with van der Waals surface area (Å²) in [6, 6.07) is -5.03. The van der Waals surface area contributed by atoms with Gasteiger partial charge in [0, 0.05) is 13.1 Å². The second kappa shape index (κ2) is 17.4. The molecule has 2 unspecified atom stereocenters. The number of nitrogens with one attached hydrogen (secondary N) is 4. The van der Waals surface area contributed by atoms with Gasteiger partial charge in [-0.05, 0) is 42.6 Å². The predicted octanol–water partition coefficient (Wildman–Crippen LogP) is 2.40. The number of carbonyl (C=O) groups is 6. The highest BCUT2D eigenvalue weighted by Crippen LogP contribution is 2.33. The number of hydrogen-bond acceptors (Lipinski definition) is 7. The van der Waals surface area contributed by atoms with Gasteiger partial charge in [0.25, 0.3) is 5.91 Å².